The Balaban J connectivity index is 2.74. The third-order valence-electron chi connectivity index (χ3n) is 3.56. The van der Waals surface area contributed by atoms with Crippen LogP contribution < -0.4 is 0 Å². The smallest absolute Gasteiger partial charge is 0.333 e. The van der Waals surface area contributed by atoms with Gasteiger partial charge in [0.2, 0.25) is 0 Å². The third kappa shape index (κ3) is 3.58. The molecule has 0 saturated heterocycles. The summed E-state index contributed by atoms with van der Waals surface area (Å²) >= 11 is 0. The average Bonchev–Trinajstić information content (AvgIpc) is 2.50. The van der Waals surface area contributed by atoms with E-state index in [0.717, 1.165) is 19.3 Å². The number of hydrogen-bond acceptors (Lipinski definition) is 4. The lowest BCUT2D eigenvalue weighted by Crippen LogP contribution is -2.32. The van der Waals surface area contributed by atoms with Crippen molar-refractivity contribution < 1.29 is 14.3 Å². The molecule has 18 heavy (non-hydrogen) atoms. The third-order valence-corrected chi connectivity index (χ3v) is 3.56. The lowest BCUT2D eigenvalue weighted by atomic mass is 9.84. The first-order valence-corrected chi connectivity index (χ1v) is 6.22. The topological polar surface area (TPSA) is 59.3 Å². The van der Waals surface area contributed by atoms with Crippen molar-refractivity contribution in [3.63, 3.8) is 0 Å². The molecular weight excluding hydrogens is 230 g/mol. The van der Waals surface area contributed by atoms with Crippen molar-refractivity contribution in [3.8, 4) is 6.07 Å². The monoisotopic (exact) mass is 251 g/mol. The highest BCUT2D eigenvalue weighted by atomic mass is 16.6. The van der Waals surface area contributed by atoms with Gasteiger partial charge in [0, 0.05) is 12.7 Å². The first kappa shape index (κ1) is 14.7. The zero-order valence-corrected chi connectivity index (χ0v) is 11.4. The summed E-state index contributed by atoms with van der Waals surface area (Å²) in [4.78, 5) is 11.6. The van der Waals surface area contributed by atoms with Gasteiger partial charge in [-0.05, 0) is 39.5 Å². The van der Waals surface area contributed by atoms with Crippen molar-refractivity contribution in [3.05, 3.63) is 12.2 Å². The number of esters is 1. The Hall–Kier alpha value is -1.34. The van der Waals surface area contributed by atoms with Gasteiger partial charge in [-0.15, -0.1) is 0 Å². The maximum atomic E-state index is 11.6. The van der Waals surface area contributed by atoms with Gasteiger partial charge in [-0.3, -0.25) is 0 Å². The second kappa shape index (κ2) is 6.01. The summed E-state index contributed by atoms with van der Waals surface area (Å²) in [7, 11) is 1.61. The van der Waals surface area contributed by atoms with Crippen LogP contribution in [0, 0.1) is 16.7 Å². The van der Waals surface area contributed by atoms with E-state index in [1.807, 2.05) is 6.92 Å². The highest BCUT2D eigenvalue weighted by Gasteiger charge is 2.35. The molecule has 1 saturated carbocycles. The van der Waals surface area contributed by atoms with Crippen LogP contribution in [0.2, 0.25) is 0 Å². The van der Waals surface area contributed by atoms with E-state index in [1.54, 1.807) is 14.0 Å². The van der Waals surface area contributed by atoms with Gasteiger partial charge in [-0.2, -0.15) is 5.26 Å². The number of nitrogens with zero attached hydrogens (tertiary/aromatic N) is 1. The Morgan fingerprint density at radius 2 is 1.94 bits per heavy atom. The van der Waals surface area contributed by atoms with E-state index in [1.165, 1.54) is 0 Å². The molecule has 1 aliphatic carbocycles. The van der Waals surface area contributed by atoms with Crippen molar-refractivity contribution in [1.29, 1.82) is 5.26 Å². The summed E-state index contributed by atoms with van der Waals surface area (Å²) < 4.78 is 10.8. The SMILES string of the molecule is C=C(C)C(=O)OC1CCC(C)(C#N)CCC1OC. The zero-order valence-electron chi connectivity index (χ0n) is 11.4. The van der Waals surface area contributed by atoms with Gasteiger partial charge >= 0.3 is 5.97 Å². The van der Waals surface area contributed by atoms with Gasteiger partial charge in [-0.1, -0.05) is 6.58 Å². The minimum Gasteiger partial charge on any atom is -0.456 e. The molecule has 0 aromatic heterocycles. The Morgan fingerprint density at radius 3 is 2.39 bits per heavy atom. The van der Waals surface area contributed by atoms with Crippen molar-refractivity contribution in [1.82, 2.24) is 0 Å². The van der Waals surface area contributed by atoms with E-state index in [0.29, 0.717) is 12.0 Å². The molecule has 3 unspecified atom stereocenters. The fourth-order valence-corrected chi connectivity index (χ4v) is 2.17. The molecule has 1 rings (SSSR count). The number of methoxy groups -OCH3 is 1. The average molecular weight is 251 g/mol. The zero-order chi connectivity index (χ0) is 13.8. The number of nitriles is 1. The van der Waals surface area contributed by atoms with Gasteiger partial charge in [0.05, 0.1) is 17.6 Å². The highest BCUT2D eigenvalue weighted by Crippen LogP contribution is 2.35. The van der Waals surface area contributed by atoms with Gasteiger partial charge in [-0.25, -0.2) is 4.79 Å². The Bertz CT molecular complexity index is 372. The van der Waals surface area contributed by atoms with E-state index in [-0.39, 0.29) is 23.6 Å². The number of carbonyl (C=O) groups is 1. The molecule has 4 nitrogen and oxygen atoms in total. The largest absolute Gasteiger partial charge is 0.456 e. The standard InChI is InChI=1S/C14H21NO3/c1-10(2)13(16)18-12-6-8-14(3,9-15)7-5-11(12)17-4/h11-12H,1,5-8H2,2-4H3. The molecule has 0 N–H and O–H groups in total. The molecule has 0 bridgehead atoms. The second-order valence-electron chi connectivity index (χ2n) is 5.25. The summed E-state index contributed by atoms with van der Waals surface area (Å²) in [5, 5.41) is 9.18. The van der Waals surface area contributed by atoms with Crippen LogP contribution in [0.4, 0.5) is 0 Å². The quantitative estimate of drug-likeness (QED) is 0.439. The minimum atomic E-state index is -0.386. The molecule has 1 aliphatic rings. The van der Waals surface area contributed by atoms with E-state index in [9.17, 15) is 10.1 Å². The highest BCUT2D eigenvalue weighted by molar-refractivity contribution is 5.87. The number of rotatable bonds is 3. The first-order chi connectivity index (χ1) is 8.41. The van der Waals surface area contributed by atoms with Gasteiger partial charge in [0.1, 0.15) is 6.10 Å². The molecule has 0 aromatic rings. The normalized spacial score (nSPS) is 32.1. The fraction of sp³-hybridized carbons (Fsp3) is 0.714. The molecule has 0 amide bonds. The second-order valence-corrected chi connectivity index (χ2v) is 5.25. The molecule has 0 aromatic carbocycles. The molecular formula is C14H21NO3. The van der Waals surface area contributed by atoms with Crippen LogP contribution in [0.5, 0.6) is 0 Å². The van der Waals surface area contributed by atoms with Crippen LogP contribution >= 0.6 is 0 Å². The van der Waals surface area contributed by atoms with Gasteiger partial charge in [0.25, 0.3) is 0 Å². The van der Waals surface area contributed by atoms with E-state index in [2.05, 4.69) is 12.6 Å². The number of carbonyl (C=O) groups excluding carboxylic acids is 1. The van der Waals surface area contributed by atoms with E-state index in [4.69, 9.17) is 9.47 Å². The maximum Gasteiger partial charge on any atom is 0.333 e. The number of hydrogen-bond donors (Lipinski definition) is 0. The maximum absolute atomic E-state index is 11.6. The fourth-order valence-electron chi connectivity index (χ4n) is 2.17. The van der Waals surface area contributed by atoms with E-state index < -0.39 is 0 Å². The van der Waals surface area contributed by atoms with Crippen molar-refractivity contribution in [2.24, 2.45) is 5.41 Å². The van der Waals surface area contributed by atoms with Crippen LogP contribution in [-0.2, 0) is 14.3 Å². The molecule has 100 valence electrons. The Kier molecular flexibility index (Phi) is 4.92. The predicted octanol–water partition coefficient (Wildman–Crippen LogP) is 2.59. The molecule has 0 spiro atoms. The van der Waals surface area contributed by atoms with Crippen LogP contribution in [-0.4, -0.2) is 25.3 Å². The molecule has 0 radical (unpaired) electrons. The van der Waals surface area contributed by atoms with Crippen LogP contribution in [0.25, 0.3) is 0 Å². The molecule has 0 heterocycles. The molecule has 4 heteroatoms. The summed E-state index contributed by atoms with van der Waals surface area (Å²) in [5.41, 5.74) is 0.0402. The predicted molar refractivity (Wildman–Crippen MR) is 67.7 cm³/mol. The lowest BCUT2D eigenvalue weighted by Gasteiger charge is -2.23. The molecule has 0 aliphatic heterocycles. The lowest BCUT2D eigenvalue weighted by molar-refractivity contribution is -0.151. The molecule has 3 atom stereocenters. The number of ether oxygens (including phenoxy) is 2. The van der Waals surface area contributed by atoms with Crippen LogP contribution in [0.3, 0.4) is 0 Å². The first-order valence-electron chi connectivity index (χ1n) is 6.22. The molecule has 1 fully saturated rings. The van der Waals surface area contributed by atoms with E-state index >= 15 is 0 Å². The van der Waals surface area contributed by atoms with Crippen LogP contribution in [0.1, 0.15) is 39.5 Å². The Labute approximate surface area is 109 Å². The summed E-state index contributed by atoms with van der Waals surface area (Å²) in [6.45, 7) is 7.14. The minimum absolute atomic E-state index is 0.136. The summed E-state index contributed by atoms with van der Waals surface area (Å²) in [6, 6.07) is 2.35. The Morgan fingerprint density at radius 1 is 1.39 bits per heavy atom. The van der Waals surface area contributed by atoms with Gasteiger partial charge < -0.3 is 9.47 Å². The van der Waals surface area contributed by atoms with Crippen molar-refractivity contribution in [2.75, 3.05) is 7.11 Å². The van der Waals surface area contributed by atoms with Gasteiger partial charge in [0.15, 0.2) is 0 Å². The van der Waals surface area contributed by atoms with Crippen molar-refractivity contribution >= 4 is 5.97 Å². The summed E-state index contributed by atoms with van der Waals surface area (Å²) in [6.07, 6.45) is 2.45. The van der Waals surface area contributed by atoms with Crippen LogP contribution in [0.15, 0.2) is 12.2 Å². The summed E-state index contributed by atoms with van der Waals surface area (Å²) in [5.74, 6) is -0.386. The van der Waals surface area contributed by atoms with Crippen molar-refractivity contribution in [2.45, 2.75) is 51.7 Å².